The first-order valence-electron chi connectivity index (χ1n) is 8.49. The van der Waals surface area contributed by atoms with Crippen LogP contribution in [0.25, 0.3) is 11.4 Å². The summed E-state index contributed by atoms with van der Waals surface area (Å²) in [6.07, 6.45) is 5.67. The van der Waals surface area contributed by atoms with Gasteiger partial charge in [0.05, 0.1) is 13.5 Å². The number of ether oxygens (including phenoxy) is 1. The summed E-state index contributed by atoms with van der Waals surface area (Å²) >= 11 is 0. The van der Waals surface area contributed by atoms with Crippen LogP contribution in [0.3, 0.4) is 0 Å². The van der Waals surface area contributed by atoms with Crippen LogP contribution in [0.15, 0.2) is 55.0 Å². The number of methoxy groups -OCH3 is 1. The van der Waals surface area contributed by atoms with Crippen molar-refractivity contribution in [3.63, 3.8) is 0 Å². The number of hydrogen-bond acceptors (Lipinski definition) is 4. The Balaban J connectivity index is 1.58. The quantitative estimate of drug-likeness (QED) is 0.711. The second kappa shape index (κ2) is 8.29. The molecule has 6 nitrogen and oxygen atoms in total. The summed E-state index contributed by atoms with van der Waals surface area (Å²) in [5.74, 6) is 1.62. The normalized spacial score (nSPS) is 10.5. The summed E-state index contributed by atoms with van der Waals surface area (Å²) in [6, 6.07) is 11.4. The molecule has 0 spiro atoms. The van der Waals surface area contributed by atoms with Gasteiger partial charge in [-0.25, -0.2) is 4.98 Å². The Morgan fingerprint density at radius 3 is 2.81 bits per heavy atom. The average Bonchev–Trinajstić information content (AvgIpc) is 3.03. The van der Waals surface area contributed by atoms with Crippen LogP contribution in [0.5, 0.6) is 5.75 Å². The third-order valence-electron chi connectivity index (χ3n) is 4.15. The zero-order valence-corrected chi connectivity index (χ0v) is 15.0. The van der Waals surface area contributed by atoms with Crippen LogP contribution in [0.4, 0.5) is 0 Å². The van der Waals surface area contributed by atoms with Crippen LogP contribution in [0, 0.1) is 6.92 Å². The molecule has 0 saturated carbocycles. The van der Waals surface area contributed by atoms with E-state index in [9.17, 15) is 4.79 Å². The Labute approximate surface area is 152 Å². The highest BCUT2D eigenvalue weighted by molar-refractivity contribution is 5.78. The summed E-state index contributed by atoms with van der Waals surface area (Å²) in [4.78, 5) is 20.7. The maximum Gasteiger partial charge on any atom is 0.224 e. The van der Waals surface area contributed by atoms with E-state index in [0.29, 0.717) is 19.5 Å². The minimum Gasteiger partial charge on any atom is -0.497 e. The molecule has 26 heavy (non-hydrogen) atoms. The van der Waals surface area contributed by atoms with Crippen LogP contribution in [0.2, 0.25) is 0 Å². The molecule has 1 aromatic carbocycles. The number of carbonyl (C=O) groups is 1. The number of aromatic nitrogens is 3. The highest BCUT2D eigenvalue weighted by Gasteiger charge is 2.10. The lowest BCUT2D eigenvalue weighted by atomic mass is 10.1. The molecular formula is C20H22N4O2. The number of aryl methyl sites for hydroxylation is 1. The van der Waals surface area contributed by atoms with Crippen LogP contribution in [-0.2, 0) is 17.8 Å². The summed E-state index contributed by atoms with van der Waals surface area (Å²) in [5, 5.41) is 2.97. The van der Waals surface area contributed by atoms with Crippen molar-refractivity contribution in [2.24, 2.45) is 0 Å². The van der Waals surface area contributed by atoms with Gasteiger partial charge in [0.15, 0.2) is 0 Å². The fraction of sp³-hybridized carbons (Fsp3) is 0.250. The average molecular weight is 350 g/mol. The van der Waals surface area contributed by atoms with Gasteiger partial charge < -0.3 is 14.6 Å². The molecule has 0 aliphatic carbocycles. The summed E-state index contributed by atoms with van der Waals surface area (Å²) in [5.41, 5.74) is 2.99. The molecule has 2 heterocycles. The number of amides is 1. The van der Waals surface area contributed by atoms with Gasteiger partial charge in [-0.05, 0) is 36.8 Å². The minimum absolute atomic E-state index is 0.0125. The Hall–Kier alpha value is -3.15. The molecule has 0 unspecified atom stereocenters. The molecule has 0 radical (unpaired) electrons. The van der Waals surface area contributed by atoms with Gasteiger partial charge in [-0.3, -0.25) is 9.78 Å². The Bertz CT molecular complexity index is 875. The maximum atomic E-state index is 12.2. The topological polar surface area (TPSA) is 69.0 Å². The number of pyridine rings is 1. The van der Waals surface area contributed by atoms with Crippen LogP contribution >= 0.6 is 0 Å². The lowest BCUT2D eigenvalue weighted by Crippen LogP contribution is -2.29. The van der Waals surface area contributed by atoms with Gasteiger partial charge in [-0.15, -0.1) is 0 Å². The van der Waals surface area contributed by atoms with Gasteiger partial charge in [-0.2, -0.15) is 0 Å². The van der Waals surface area contributed by atoms with Crippen molar-refractivity contribution in [1.29, 1.82) is 0 Å². The molecule has 0 saturated heterocycles. The SMILES string of the molecule is COc1cccc(CC(=O)NCCn2c(C)cnc2-c2ccncc2)c1. The van der Waals surface area contributed by atoms with E-state index in [2.05, 4.69) is 19.9 Å². The predicted molar refractivity (Wildman–Crippen MR) is 99.9 cm³/mol. The molecule has 1 amide bonds. The molecule has 0 aliphatic heterocycles. The zero-order chi connectivity index (χ0) is 18.4. The first-order chi connectivity index (χ1) is 12.7. The number of hydrogen-bond donors (Lipinski definition) is 1. The smallest absolute Gasteiger partial charge is 0.224 e. The van der Waals surface area contributed by atoms with Crippen molar-refractivity contribution >= 4 is 5.91 Å². The molecule has 1 N–H and O–H groups in total. The largest absolute Gasteiger partial charge is 0.497 e. The standard InChI is InChI=1S/C20H22N4O2/c1-15-14-23-20(17-6-8-21-9-7-17)24(15)11-10-22-19(25)13-16-4-3-5-18(12-16)26-2/h3-9,12,14H,10-11,13H2,1-2H3,(H,22,25). The molecule has 0 fully saturated rings. The lowest BCUT2D eigenvalue weighted by Gasteiger charge is -2.11. The number of nitrogens with one attached hydrogen (secondary N) is 1. The van der Waals surface area contributed by atoms with E-state index in [0.717, 1.165) is 28.4 Å². The second-order valence-electron chi connectivity index (χ2n) is 5.99. The molecule has 0 aliphatic rings. The van der Waals surface area contributed by atoms with Crippen LogP contribution < -0.4 is 10.1 Å². The number of carbonyl (C=O) groups excluding carboxylic acids is 1. The first kappa shape index (κ1) is 17.7. The number of benzene rings is 1. The fourth-order valence-corrected chi connectivity index (χ4v) is 2.81. The highest BCUT2D eigenvalue weighted by Crippen LogP contribution is 2.18. The van der Waals surface area contributed by atoms with E-state index < -0.39 is 0 Å². The maximum absolute atomic E-state index is 12.2. The van der Waals surface area contributed by atoms with Crippen molar-refractivity contribution in [3.05, 3.63) is 66.2 Å². The first-order valence-corrected chi connectivity index (χ1v) is 8.49. The van der Waals surface area contributed by atoms with Gasteiger partial charge in [-0.1, -0.05) is 12.1 Å². The van der Waals surface area contributed by atoms with Gasteiger partial charge in [0.25, 0.3) is 0 Å². The minimum atomic E-state index is -0.0125. The van der Waals surface area contributed by atoms with Crippen LogP contribution in [0.1, 0.15) is 11.3 Å². The van der Waals surface area contributed by atoms with Gasteiger partial charge in [0.2, 0.25) is 5.91 Å². The van der Waals surface area contributed by atoms with Gasteiger partial charge in [0, 0.05) is 42.9 Å². The Kier molecular flexibility index (Phi) is 5.63. The predicted octanol–water partition coefficient (Wildman–Crippen LogP) is 2.62. The molecule has 3 rings (SSSR count). The van der Waals surface area contributed by atoms with Crippen molar-refractivity contribution in [2.45, 2.75) is 19.9 Å². The van der Waals surface area contributed by atoms with Crippen molar-refractivity contribution in [3.8, 4) is 17.1 Å². The summed E-state index contributed by atoms with van der Waals surface area (Å²) in [6.45, 7) is 3.21. The van der Waals surface area contributed by atoms with E-state index in [1.54, 1.807) is 19.5 Å². The fourth-order valence-electron chi connectivity index (χ4n) is 2.81. The molecule has 0 atom stereocenters. The Morgan fingerprint density at radius 1 is 1.23 bits per heavy atom. The molecule has 3 aromatic rings. The monoisotopic (exact) mass is 350 g/mol. The molecular weight excluding hydrogens is 328 g/mol. The van der Waals surface area contributed by atoms with Crippen molar-refractivity contribution < 1.29 is 9.53 Å². The molecule has 2 aromatic heterocycles. The summed E-state index contributed by atoms with van der Waals surface area (Å²) < 4.78 is 7.29. The zero-order valence-electron chi connectivity index (χ0n) is 15.0. The Morgan fingerprint density at radius 2 is 2.04 bits per heavy atom. The third kappa shape index (κ3) is 4.27. The van der Waals surface area contributed by atoms with Gasteiger partial charge in [0.1, 0.15) is 11.6 Å². The third-order valence-corrected chi connectivity index (χ3v) is 4.15. The molecule has 0 bridgehead atoms. The summed E-state index contributed by atoms with van der Waals surface area (Å²) in [7, 11) is 1.62. The van der Waals surface area contributed by atoms with E-state index in [-0.39, 0.29) is 5.91 Å². The van der Waals surface area contributed by atoms with E-state index >= 15 is 0 Å². The van der Waals surface area contributed by atoms with Crippen molar-refractivity contribution in [2.75, 3.05) is 13.7 Å². The van der Waals surface area contributed by atoms with E-state index in [4.69, 9.17) is 4.74 Å². The highest BCUT2D eigenvalue weighted by atomic mass is 16.5. The number of imidazole rings is 1. The molecule has 134 valence electrons. The molecule has 6 heteroatoms. The number of rotatable bonds is 7. The number of nitrogens with zero attached hydrogens (tertiary/aromatic N) is 3. The van der Waals surface area contributed by atoms with Gasteiger partial charge >= 0.3 is 0 Å². The lowest BCUT2D eigenvalue weighted by molar-refractivity contribution is -0.120. The van der Waals surface area contributed by atoms with Crippen LogP contribution in [-0.4, -0.2) is 34.1 Å². The van der Waals surface area contributed by atoms with E-state index in [1.807, 2.05) is 49.5 Å². The second-order valence-corrected chi connectivity index (χ2v) is 5.99. The van der Waals surface area contributed by atoms with Crippen molar-refractivity contribution in [1.82, 2.24) is 19.9 Å². The van der Waals surface area contributed by atoms with E-state index in [1.165, 1.54) is 0 Å².